The van der Waals surface area contributed by atoms with Crippen LogP contribution in [0.25, 0.3) is 6.08 Å². The summed E-state index contributed by atoms with van der Waals surface area (Å²) < 4.78 is 5.55. The molecule has 2 aromatic carbocycles. The molecule has 1 saturated heterocycles. The van der Waals surface area contributed by atoms with Crippen molar-refractivity contribution in [1.29, 1.82) is 0 Å². The monoisotopic (exact) mass is 526 g/mol. The maximum Gasteiger partial charge on any atom is 0.238 e. The molecule has 5 heterocycles. The summed E-state index contributed by atoms with van der Waals surface area (Å²) in [6, 6.07) is 18.1. The molecule has 3 aliphatic heterocycles. The van der Waals surface area contributed by atoms with Gasteiger partial charge in [0.05, 0.1) is 23.1 Å². The van der Waals surface area contributed by atoms with Crippen molar-refractivity contribution in [2.75, 3.05) is 10.2 Å². The molecule has 4 atom stereocenters. The molecule has 0 bridgehead atoms. The van der Waals surface area contributed by atoms with E-state index < -0.39 is 23.4 Å². The Morgan fingerprint density at radius 2 is 1.89 bits per heavy atom. The Balaban J connectivity index is 1.55. The van der Waals surface area contributed by atoms with E-state index in [2.05, 4.69) is 5.32 Å². The normalized spacial score (nSPS) is 25.1. The number of hydrogen-bond donors (Lipinski definition) is 1. The zero-order valence-corrected chi connectivity index (χ0v) is 20.8. The Bertz CT molecular complexity index is 1610. The van der Waals surface area contributed by atoms with Gasteiger partial charge in [0.25, 0.3) is 0 Å². The lowest BCUT2D eigenvalue weighted by molar-refractivity contribution is -0.121. The van der Waals surface area contributed by atoms with Gasteiger partial charge in [-0.2, -0.15) is 0 Å². The molecule has 4 aromatic rings. The van der Waals surface area contributed by atoms with Crippen LogP contribution in [-0.2, 0) is 10.2 Å². The molecule has 1 N–H and O–H groups in total. The summed E-state index contributed by atoms with van der Waals surface area (Å²) in [6.45, 7) is 0. The lowest BCUT2D eigenvalue weighted by atomic mass is 9.64. The van der Waals surface area contributed by atoms with Gasteiger partial charge in [0.15, 0.2) is 11.5 Å². The zero-order chi connectivity index (χ0) is 25.3. The van der Waals surface area contributed by atoms with E-state index in [-0.39, 0.29) is 23.2 Å². The number of benzene rings is 2. The van der Waals surface area contributed by atoms with E-state index in [9.17, 15) is 14.4 Å². The van der Waals surface area contributed by atoms with Gasteiger partial charge in [0, 0.05) is 16.4 Å². The van der Waals surface area contributed by atoms with Gasteiger partial charge in [0.1, 0.15) is 11.5 Å². The number of amides is 1. The van der Waals surface area contributed by atoms with Crippen LogP contribution in [0.15, 0.2) is 88.9 Å². The highest BCUT2D eigenvalue weighted by Gasteiger charge is 2.70. The highest BCUT2D eigenvalue weighted by molar-refractivity contribution is 7.12. The van der Waals surface area contributed by atoms with Crippen LogP contribution < -0.4 is 10.2 Å². The highest BCUT2D eigenvalue weighted by Crippen LogP contribution is 2.58. The second kappa shape index (κ2) is 8.03. The number of halogens is 1. The quantitative estimate of drug-likeness (QED) is 0.337. The zero-order valence-electron chi connectivity index (χ0n) is 19.3. The van der Waals surface area contributed by atoms with Gasteiger partial charge in [-0.3, -0.25) is 14.4 Å². The van der Waals surface area contributed by atoms with E-state index in [1.54, 1.807) is 24.3 Å². The molecule has 8 heteroatoms. The van der Waals surface area contributed by atoms with Gasteiger partial charge >= 0.3 is 0 Å². The van der Waals surface area contributed by atoms with E-state index in [1.807, 2.05) is 64.9 Å². The molecule has 6 nitrogen and oxygen atoms in total. The number of nitrogens with zero attached hydrogens (tertiary/aromatic N) is 1. The van der Waals surface area contributed by atoms with E-state index >= 15 is 0 Å². The molecule has 7 rings (SSSR count). The van der Waals surface area contributed by atoms with Crippen LogP contribution in [0.5, 0.6) is 0 Å². The predicted molar refractivity (Wildman–Crippen MR) is 142 cm³/mol. The minimum absolute atomic E-state index is 0.116. The summed E-state index contributed by atoms with van der Waals surface area (Å²) in [5.41, 5.74) is 1.55. The van der Waals surface area contributed by atoms with Crippen LogP contribution in [0, 0.1) is 5.92 Å². The fourth-order valence-electron chi connectivity index (χ4n) is 6.29. The maximum atomic E-state index is 14.3. The van der Waals surface area contributed by atoms with Gasteiger partial charge in [-0.15, -0.1) is 11.3 Å². The van der Waals surface area contributed by atoms with Crippen molar-refractivity contribution in [3.63, 3.8) is 0 Å². The highest BCUT2D eigenvalue weighted by atomic mass is 35.5. The number of carbonyl (C=O) groups excluding carboxylic acids is 3. The number of furan rings is 1. The van der Waals surface area contributed by atoms with Crippen molar-refractivity contribution >= 4 is 57.9 Å². The van der Waals surface area contributed by atoms with Crippen molar-refractivity contribution in [2.45, 2.75) is 17.5 Å². The molecule has 3 aliphatic rings. The summed E-state index contributed by atoms with van der Waals surface area (Å²) in [5, 5.41) is 5.40. The van der Waals surface area contributed by atoms with Crippen molar-refractivity contribution in [1.82, 2.24) is 0 Å². The first-order chi connectivity index (χ1) is 18.0. The molecule has 1 spiro atoms. The molecule has 1 amide bonds. The number of ketones is 2. The number of hydrogen-bond acceptors (Lipinski definition) is 6. The third kappa shape index (κ3) is 2.95. The first-order valence-electron chi connectivity index (χ1n) is 11.8. The van der Waals surface area contributed by atoms with Crippen molar-refractivity contribution in [3.8, 4) is 0 Å². The molecule has 2 aromatic heterocycles. The molecule has 0 aliphatic carbocycles. The minimum atomic E-state index is -1.36. The van der Waals surface area contributed by atoms with E-state index in [0.717, 1.165) is 11.3 Å². The summed E-state index contributed by atoms with van der Waals surface area (Å²) in [6.07, 6.45) is 5.27. The van der Waals surface area contributed by atoms with Gasteiger partial charge in [0.2, 0.25) is 11.7 Å². The lowest BCUT2D eigenvalue weighted by Crippen LogP contribution is -2.51. The van der Waals surface area contributed by atoms with Crippen molar-refractivity contribution < 1.29 is 18.8 Å². The third-order valence-corrected chi connectivity index (χ3v) is 8.79. The Morgan fingerprint density at radius 1 is 1.03 bits per heavy atom. The predicted octanol–water partition coefficient (Wildman–Crippen LogP) is 5.85. The van der Waals surface area contributed by atoms with Crippen molar-refractivity contribution in [3.05, 3.63) is 111 Å². The van der Waals surface area contributed by atoms with Crippen LogP contribution in [0.3, 0.4) is 0 Å². The van der Waals surface area contributed by atoms with E-state index in [1.165, 1.54) is 17.6 Å². The summed E-state index contributed by atoms with van der Waals surface area (Å²) >= 11 is 7.63. The SMILES string of the molecule is O=C(c1cccs1)[C@@H]1[C@H](C(=O)c2ccco2)[C@@]2(C(=O)Nc3ccccc32)[C@@H]2C=Cc3cc(Cl)ccc3N12. The number of rotatable bonds is 4. The first-order valence-corrected chi connectivity index (χ1v) is 13.1. The molecular weight excluding hydrogens is 508 g/mol. The van der Waals surface area contributed by atoms with Crippen LogP contribution in [0.1, 0.15) is 31.4 Å². The summed E-state index contributed by atoms with van der Waals surface area (Å²) in [5.74, 6) is -1.84. The number of para-hydroxylation sites is 1. The second-order valence-corrected chi connectivity index (χ2v) is 10.8. The topological polar surface area (TPSA) is 79.6 Å². The number of carbonyl (C=O) groups is 3. The number of anilines is 2. The average molecular weight is 527 g/mol. The first kappa shape index (κ1) is 22.3. The molecule has 182 valence electrons. The van der Waals surface area contributed by atoms with E-state index in [4.69, 9.17) is 16.0 Å². The maximum absolute atomic E-state index is 14.3. The standard InChI is InChI=1S/C29H19ClN2O4S/c30-17-10-11-20-16(15-17)9-12-23-29(18-5-1-2-6-19(18)31-28(29)35)24(26(33)21-7-3-13-36-21)25(32(20)23)27(34)22-8-4-14-37-22/h1-15,23-25H,(H,31,35)/t23-,24+,25-,29-/m0/s1. The Labute approximate surface area is 221 Å². The van der Waals surface area contributed by atoms with Gasteiger partial charge < -0.3 is 14.6 Å². The minimum Gasteiger partial charge on any atom is -0.461 e. The summed E-state index contributed by atoms with van der Waals surface area (Å²) in [4.78, 5) is 45.2. The van der Waals surface area contributed by atoms with E-state index in [0.29, 0.717) is 21.2 Å². The number of nitrogens with one attached hydrogen (secondary N) is 1. The number of fused-ring (bicyclic) bond motifs is 6. The molecule has 37 heavy (non-hydrogen) atoms. The van der Waals surface area contributed by atoms with Crippen LogP contribution >= 0.6 is 22.9 Å². The van der Waals surface area contributed by atoms with Gasteiger partial charge in [-0.05, 0) is 59.0 Å². The number of Topliss-reactive ketones (excluding diaryl/α,β-unsaturated/α-hetero) is 2. The van der Waals surface area contributed by atoms with Crippen LogP contribution in [0.2, 0.25) is 5.02 Å². The largest absolute Gasteiger partial charge is 0.461 e. The Hall–Kier alpha value is -3.94. The Morgan fingerprint density at radius 3 is 2.68 bits per heavy atom. The second-order valence-electron chi connectivity index (χ2n) is 9.39. The fraction of sp³-hybridized carbons (Fsp3) is 0.138. The van der Waals surface area contributed by atoms with Crippen molar-refractivity contribution in [2.24, 2.45) is 5.92 Å². The third-order valence-electron chi connectivity index (χ3n) is 7.67. The van der Waals surface area contributed by atoms with Gasteiger partial charge in [-0.1, -0.05) is 48.0 Å². The smallest absolute Gasteiger partial charge is 0.238 e. The average Bonchev–Trinajstić information content (AvgIpc) is 3.70. The molecule has 0 unspecified atom stereocenters. The van der Waals surface area contributed by atoms with Crippen LogP contribution in [0.4, 0.5) is 11.4 Å². The number of thiophene rings is 1. The van der Waals surface area contributed by atoms with Crippen LogP contribution in [-0.4, -0.2) is 29.6 Å². The molecule has 1 fully saturated rings. The molecule has 0 saturated carbocycles. The van der Waals surface area contributed by atoms with Gasteiger partial charge in [-0.25, -0.2) is 0 Å². The molecular formula is C29H19ClN2O4S. The fourth-order valence-corrected chi connectivity index (χ4v) is 7.17. The lowest BCUT2D eigenvalue weighted by Gasteiger charge is -2.37. The summed E-state index contributed by atoms with van der Waals surface area (Å²) in [7, 11) is 0. The molecule has 0 radical (unpaired) electrons. The Kier molecular flexibility index (Phi) is 4.83.